The molecule has 0 saturated carbocycles. The van der Waals surface area contributed by atoms with E-state index in [9.17, 15) is 0 Å². The molecule has 1 unspecified atom stereocenters. The van der Waals surface area contributed by atoms with Gasteiger partial charge in [-0.3, -0.25) is 0 Å². The lowest BCUT2D eigenvalue weighted by Gasteiger charge is -2.14. The topological polar surface area (TPSA) is 31.6 Å². The van der Waals surface area contributed by atoms with Crippen molar-refractivity contribution in [2.45, 2.75) is 24.6 Å². The average Bonchev–Trinajstić information content (AvgIpc) is 2.86. The van der Waals surface area contributed by atoms with Gasteiger partial charge >= 0.3 is 0 Å². The summed E-state index contributed by atoms with van der Waals surface area (Å²) >= 11 is 7.33. The molecule has 0 fully saturated rings. The Morgan fingerprint density at radius 1 is 1.14 bits per heavy atom. The summed E-state index contributed by atoms with van der Waals surface area (Å²) in [4.78, 5) is -0.0238. The maximum absolute atomic E-state index is 5.83. The molecule has 1 aliphatic rings. The molecule has 1 atom stereocenters. The van der Waals surface area contributed by atoms with Gasteiger partial charge in [-0.15, -0.1) is 0 Å². The van der Waals surface area contributed by atoms with Crippen LogP contribution in [-0.2, 0) is 6.42 Å². The number of hydrogen-bond acceptors (Lipinski definition) is 3. The van der Waals surface area contributed by atoms with Crippen molar-refractivity contribution in [1.29, 1.82) is 0 Å². The van der Waals surface area contributed by atoms with Crippen LogP contribution in [-0.4, -0.2) is 13.2 Å². The van der Waals surface area contributed by atoms with Crippen LogP contribution in [0.3, 0.4) is 0 Å². The van der Waals surface area contributed by atoms with Crippen LogP contribution in [0.15, 0.2) is 33.2 Å². The van der Waals surface area contributed by atoms with E-state index in [0.29, 0.717) is 13.2 Å². The number of furan rings is 1. The van der Waals surface area contributed by atoms with E-state index in [2.05, 4.69) is 38.8 Å². The fourth-order valence-corrected chi connectivity index (χ4v) is 3.75. The second kappa shape index (κ2) is 6.44. The van der Waals surface area contributed by atoms with Gasteiger partial charge in [0.25, 0.3) is 0 Å². The molecule has 0 aliphatic carbocycles. The number of benzene rings is 1. The predicted octanol–water partition coefficient (Wildman–Crippen LogP) is 5.25. The second-order valence-corrected chi connectivity index (χ2v) is 6.66. The van der Waals surface area contributed by atoms with Gasteiger partial charge in [-0.1, -0.05) is 38.8 Å². The lowest BCUT2D eigenvalue weighted by atomic mass is 10.1. The molecule has 0 bridgehead atoms. The van der Waals surface area contributed by atoms with Gasteiger partial charge in [0.15, 0.2) is 11.5 Å². The Labute approximate surface area is 140 Å². The van der Waals surface area contributed by atoms with Gasteiger partial charge in [0, 0.05) is 17.3 Å². The number of alkyl halides is 1. The largest absolute Gasteiger partial charge is 0.490 e. The Balaban J connectivity index is 1.95. The minimum atomic E-state index is -0.0238. The molecule has 1 aromatic carbocycles. The van der Waals surface area contributed by atoms with E-state index < -0.39 is 0 Å². The first-order valence-corrected chi connectivity index (χ1v) is 8.71. The molecule has 1 aromatic heterocycles. The molecule has 3 rings (SSSR count). The summed E-state index contributed by atoms with van der Waals surface area (Å²) in [6.45, 7) is 3.45. The summed E-state index contributed by atoms with van der Waals surface area (Å²) in [6, 6.07) is 8.00. The average molecular weight is 416 g/mol. The Kier molecular flexibility index (Phi) is 4.60. The van der Waals surface area contributed by atoms with Crippen LogP contribution in [0.5, 0.6) is 11.5 Å². The Bertz CT molecular complexity index is 636. The Morgan fingerprint density at radius 2 is 1.86 bits per heavy atom. The van der Waals surface area contributed by atoms with E-state index in [-0.39, 0.29) is 4.83 Å². The summed E-state index contributed by atoms with van der Waals surface area (Å²) in [5.41, 5.74) is 1.07. The van der Waals surface area contributed by atoms with Crippen molar-refractivity contribution in [3.8, 4) is 11.5 Å². The fourth-order valence-electron chi connectivity index (χ4n) is 2.27. The maximum Gasteiger partial charge on any atom is 0.162 e. The molecule has 0 radical (unpaired) electrons. The van der Waals surface area contributed by atoms with Crippen LogP contribution in [0.4, 0.5) is 0 Å². The van der Waals surface area contributed by atoms with E-state index in [1.165, 1.54) is 0 Å². The van der Waals surface area contributed by atoms with Crippen molar-refractivity contribution in [1.82, 2.24) is 0 Å². The number of halogens is 2. The zero-order valence-electron chi connectivity index (χ0n) is 11.7. The lowest BCUT2D eigenvalue weighted by Crippen LogP contribution is -1.97. The molecule has 0 amide bonds. The van der Waals surface area contributed by atoms with Crippen molar-refractivity contribution in [2.24, 2.45) is 0 Å². The van der Waals surface area contributed by atoms with E-state index in [1.807, 2.05) is 24.3 Å². The van der Waals surface area contributed by atoms with Crippen molar-refractivity contribution in [3.05, 3.63) is 45.8 Å². The van der Waals surface area contributed by atoms with Gasteiger partial charge < -0.3 is 13.9 Å². The van der Waals surface area contributed by atoms with Crippen LogP contribution >= 0.6 is 31.9 Å². The zero-order valence-corrected chi connectivity index (χ0v) is 14.9. The van der Waals surface area contributed by atoms with Gasteiger partial charge in [-0.2, -0.15) is 0 Å². The molecule has 3 nitrogen and oxygen atoms in total. The van der Waals surface area contributed by atoms with E-state index >= 15 is 0 Å². The van der Waals surface area contributed by atoms with Gasteiger partial charge in [0.05, 0.1) is 18.0 Å². The third-order valence-corrected chi connectivity index (χ3v) is 5.05. The normalized spacial score (nSPS) is 15.6. The zero-order chi connectivity index (χ0) is 14.8. The van der Waals surface area contributed by atoms with Crippen LogP contribution in [0.25, 0.3) is 0 Å². The molecule has 21 heavy (non-hydrogen) atoms. The summed E-state index contributed by atoms with van der Waals surface area (Å²) < 4.78 is 18.3. The van der Waals surface area contributed by atoms with E-state index in [0.717, 1.165) is 45.9 Å². The number of fused-ring (bicyclic) bond motifs is 1. The maximum atomic E-state index is 5.83. The number of hydrogen-bond donors (Lipinski definition) is 0. The quantitative estimate of drug-likeness (QED) is 0.641. The molecule has 0 spiro atoms. The molecular weight excluding hydrogens is 400 g/mol. The van der Waals surface area contributed by atoms with Crippen molar-refractivity contribution in [2.75, 3.05) is 13.2 Å². The second-order valence-electron chi connectivity index (χ2n) is 4.89. The minimum absolute atomic E-state index is 0.0238. The number of rotatable bonds is 3. The fraction of sp³-hybridized carbons (Fsp3) is 0.375. The monoisotopic (exact) mass is 414 g/mol. The third kappa shape index (κ3) is 3.14. The molecule has 0 saturated heterocycles. The third-order valence-electron chi connectivity index (χ3n) is 3.42. The van der Waals surface area contributed by atoms with Crippen molar-refractivity contribution >= 4 is 31.9 Å². The highest BCUT2D eigenvalue weighted by Crippen LogP contribution is 2.42. The standard InChI is InChI=1S/C16H16Br2O3/c1-2-10-4-5-13(21-10)16(18)11-8-14-15(9-12(11)17)20-7-3-6-19-14/h4-5,8-9,16H,2-3,6-7H2,1H3. The number of ether oxygens (including phenoxy) is 2. The molecular formula is C16H16Br2O3. The first-order chi connectivity index (χ1) is 10.2. The van der Waals surface area contributed by atoms with E-state index in [4.69, 9.17) is 13.9 Å². The molecule has 112 valence electrons. The Hall–Kier alpha value is -0.940. The molecule has 0 N–H and O–H groups in total. The molecule has 5 heteroatoms. The van der Waals surface area contributed by atoms with Crippen LogP contribution in [0, 0.1) is 0 Å². The molecule has 2 heterocycles. The Morgan fingerprint density at radius 3 is 2.52 bits per heavy atom. The summed E-state index contributed by atoms with van der Waals surface area (Å²) in [5, 5.41) is 0. The summed E-state index contributed by atoms with van der Waals surface area (Å²) in [6.07, 6.45) is 1.79. The van der Waals surface area contributed by atoms with Gasteiger partial charge in [0.1, 0.15) is 11.5 Å². The first kappa shape index (κ1) is 15.0. The van der Waals surface area contributed by atoms with E-state index in [1.54, 1.807) is 0 Å². The summed E-state index contributed by atoms with van der Waals surface area (Å²) in [5.74, 6) is 3.45. The molecule has 1 aliphatic heterocycles. The smallest absolute Gasteiger partial charge is 0.162 e. The first-order valence-electron chi connectivity index (χ1n) is 7.00. The van der Waals surface area contributed by atoms with Crippen LogP contribution in [0.1, 0.15) is 35.3 Å². The summed E-state index contributed by atoms with van der Waals surface area (Å²) in [7, 11) is 0. The lowest BCUT2D eigenvalue weighted by molar-refractivity contribution is 0.297. The van der Waals surface area contributed by atoms with Gasteiger partial charge in [-0.05, 0) is 29.8 Å². The number of aryl methyl sites for hydroxylation is 1. The van der Waals surface area contributed by atoms with Gasteiger partial charge in [0.2, 0.25) is 0 Å². The van der Waals surface area contributed by atoms with Crippen LogP contribution in [0.2, 0.25) is 0 Å². The van der Waals surface area contributed by atoms with Crippen molar-refractivity contribution < 1.29 is 13.9 Å². The minimum Gasteiger partial charge on any atom is -0.490 e. The SMILES string of the molecule is CCc1ccc(C(Br)c2cc3c(cc2Br)OCCCO3)o1. The predicted molar refractivity (Wildman–Crippen MR) is 88.6 cm³/mol. The highest BCUT2D eigenvalue weighted by molar-refractivity contribution is 9.11. The van der Waals surface area contributed by atoms with Gasteiger partial charge in [-0.25, -0.2) is 0 Å². The highest BCUT2D eigenvalue weighted by atomic mass is 79.9. The molecule has 2 aromatic rings. The van der Waals surface area contributed by atoms with Crippen molar-refractivity contribution in [3.63, 3.8) is 0 Å². The highest BCUT2D eigenvalue weighted by Gasteiger charge is 2.21. The van der Waals surface area contributed by atoms with Crippen LogP contribution < -0.4 is 9.47 Å².